The van der Waals surface area contributed by atoms with Crippen LogP contribution in [-0.4, -0.2) is 54.1 Å². The van der Waals surface area contributed by atoms with E-state index >= 15 is 0 Å². The number of hydrogen-bond donors (Lipinski definition) is 2. The van der Waals surface area contributed by atoms with Crippen LogP contribution in [-0.2, 0) is 14.3 Å². The first kappa shape index (κ1) is 16.4. The van der Waals surface area contributed by atoms with E-state index in [4.69, 9.17) is 4.74 Å². The number of carbonyl (C=O) groups is 3. The third-order valence-electron chi connectivity index (χ3n) is 7.33. The third-order valence-corrected chi connectivity index (χ3v) is 7.33. The van der Waals surface area contributed by atoms with E-state index in [1.807, 2.05) is 0 Å². The molecule has 7 atom stereocenters. The second kappa shape index (κ2) is 6.13. The molecule has 3 amide bonds. The Hall–Kier alpha value is -1.79. The zero-order valence-corrected chi connectivity index (χ0v) is 15.0. The Morgan fingerprint density at radius 3 is 2.69 bits per heavy atom. The number of ether oxygens (including phenoxy) is 1. The molecular weight excluding hydrogens is 334 g/mol. The minimum atomic E-state index is -0.456. The maximum Gasteiger partial charge on any atom is 0.407 e. The molecule has 0 aromatic heterocycles. The topological polar surface area (TPSA) is 87.7 Å². The first-order chi connectivity index (χ1) is 12.6. The van der Waals surface area contributed by atoms with Gasteiger partial charge >= 0.3 is 6.09 Å². The SMILES string of the molecule is O=C(C[C@H]1COC(=O)N1)NC[C@@H]1[C@H]2CC[C@H](C2)N1C(=O)[C@@H]1CC[C@@H]2C[C@@H]21. The molecule has 7 heteroatoms. The third kappa shape index (κ3) is 2.76. The molecule has 0 aromatic carbocycles. The molecular formula is C19H27N3O4. The van der Waals surface area contributed by atoms with E-state index in [1.165, 1.54) is 12.8 Å². The van der Waals surface area contributed by atoms with E-state index in [0.29, 0.717) is 30.3 Å². The molecule has 7 nitrogen and oxygen atoms in total. The number of nitrogens with one attached hydrogen (secondary N) is 2. The molecule has 2 saturated heterocycles. The average molecular weight is 361 g/mol. The number of fused-ring (bicyclic) bond motifs is 3. The van der Waals surface area contributed by atoms with Crippen molar-refractivity contribution in [3.8, 4) is 0 Å². The molecule has 2 bridgehead atoms. The van der Waals surface area contributed by atoms with Gasteiger partial charge in [-0.25, -0.2) is 4.79 Å². The lowest BCUT2D eigenvalue weighted by molar-refractivity contribution is -0.141. The van der Waals surface area contributed by atoms with Crippen LogP contribution in [0.15, 0.2) is 0 Å². The lowest BCUT2D eigenvalue weighted by Gasteiger charge is -2.37. The van der Waals surface area contributed by atoms with Crippen LogP contribution in [0.5, 0.6) is 0 Å². The Morgan fingerprint density at radius 1 is 1.15 bits per heavy atom. The highest BCUT2D eigenvalue weighted by atomic mass is 16.6. The zero-order chi connectivity index (χ0) is 17.8. The molecule has 142 valence electrons. The molecule has 5 fully saturated rings. The second-order valence-corrected chi connectivity index (χ2v) is 8.83. The number of amides is 3. The molecule has 2 aliphatic heterocycles. The predicted molar refractivity (Wildman–Crippen MR) is 92.0 cm³/mol. The summed E-state index contributed by atoms with van der Waals surface area (Å²) in [5.74, 6) is 2.49. The van der Waals surface area contributed by atoms with Crippen molar-refractivity contribution < 1.29 is 19.1 Å². The van der Waals surface area contributed by atoms with Gasteiger partial charge in [0.25, 0.3) is 0 Å². The fraction of sp³-hybridized carbons (Fsp3) is 0.842. The molecule has 3 saturated carbocycles. The van der Waals surface area contributed by atoms with Gasteiger partial charge in [0.2, 0.25) is 11.8 Å². The summed E-state index contributed by atoms with van der Waals surface area (Å²) in [5, 5.41) is 5.64. The quantitative estimate of drug-likeness (QED) is 0.766. The summed E-state index contributed by atoms with van der Waals surface area (Å²) < 4.78 is 4.82. The molecule has 2 N–H and O–H groups in total. The smallest absolute Gasteiger partial charge is 0.407 e. The fourth-order valence-electron chi connectivity index (χ4n) is 5.95. The van der Waals surface area contributed by atoms with E-state index < -0.39 is 6.09 Å². The summed E-state index contributed by atoms with van der Waals surface area (Å²) in [6.45, 7) is 0.781. The van der Waals surface area contributed by atoms with Crippen LogP contribution in [0.3, 0.4) is 0 Å². The van der Waals surface area contributed by atoms with Gasteiger partial charge in [-0.15, -0.1) is 0 Å². The number of alkyl carbamates (subject to hydrolysis) is 1. The maximum atomic E-state index is 13.2. The molecule has 0 aromatic rings. The number of likely N-dealkylation sites (tertiary alicyclic amines) is 1. The Morgan fingerprint density at radius 2 is 2.00 bits per heavy atom. The summed E-state index contributed by atoms with van der Waals surface area (Å²) in [5.41, 5.74) is 0. The highest BCUT2D eigenvalue weighted by Gasteiger charge is 2.55. The van der Waals surface area contributed by atoms with Gasteiger partial charge in [0.05, 0.1) is 18.5 Å². The van der Waals surface area contributed by atoms with Gasteiger partial charge < -0.3 is 20.3 Å². The van der Waals surface area contributed by atoms with Gasteiger partial charge in [-0.2, -0.15) is 0 Å². The van der Waals surface area contributed by atoms with Gasteiger partial charge in [0, 0.05) is 18.5 Å². The van der Waals surface area contributed by atoms with Crippen LogP contribution in [0.4, 0.5) is 4.79 Å². The number of nitrogens with zero attached hydrogens (tertiary/aromatic N) is 1. The van der Waals surface area contributed by atoms with Crippen LogP contribution >= 0.6 is 0 Å². The fourth-order valence-corrected chi connectivity index (χ4v) is 5.95. The van der Waals surface area contributed by atoms with Crippen LogP contribution in [0.2, 0.25) is 0 Å². The average Bonchev–Trinajstić information content (AvgIpc) is 3.06. The van der Waals surface area contributed by atoms with E-state index in [9.17, 15) is 14.4 Å². The van der Waals surface area contributed by atoms with Gasteiger partial charge in [0.1, 0.15) is 6.61 Å². The van der Waals surface area contributed by atoms with Gasteiger partial charge in [0.15, 0.2) is 0 Å². The predicted octanol–water partition coefficient (Wildman–Crippen LogP) is 1.03. The molecule has 5 aliphatic rings. The monoisotopic (exact) mass is 361 g/mol. The standard InChI is InChI=1S/C19H27N3O4/c23-17(7-12-9-26-19(25)21-12)20-8-16-11-1-3-13(5-11)22(16)18(24)14-4-2-10-6-15(10)14/h10-16H,1-9H2,(H,20,23)(H,21,25)/t10-,11+,12+,13-,14-,15+,16-/m1/s1. The Labute approximate surface area is 153 Å². The lowest BCUT2D eigenvalue weighted by Crippen LogP contribution is -2.52. The molecule has 0 spiro atoms. The highest BCUT2D eigenvalue weighted by Crippen LogP contribution is 2.56. The van der Waals surface area contributed by atoms with Crippen molar-refractivity contribution in [3.05, 3.63) is 0 Å². The summed E-state index contributed by atoms with van der Waals surface area (Å²) in [6, 6.07) is 0.290. The van der Waals surface area contributed by atoms with E-state index in [-0.39, 0.29) is 36.9 Å². The highest BCUT2D eigenvalue weighted by molar-refractivity contribution is 5.82. The van der Waals surface area contributed by atoms with Crippen molar-refractivity contribution in [2.45, 2.75) is 63.1 Å². The van der Waals surface area contributed by atoms with Crippen LogP contribution in [0, 0.1) is 23.7 Å². The van der Waals surface area contributed by atoms with Crippen LogP contribution in [0.1, 0.15) is 44.9 Å². The normalized spacial score (nSPS) is 42.4. The molecule has 3 aliphatic carbocycles. The minimum Gasteiger partial charge on any atom is -0.447 e. The lowest BCUT2D eigenvalue weighted by atomic mass is 9.95. The number of rotatable bonds is 5. The summed E-state index contributed by atoms with van der Waals surface area (Å²) in [6.07, 6.45) is 6.68. The molecule has 0 unspecified atom stereocenters. The van der Waals surface area contributed by atoms with Gasteiger partial charge in [-0.1, -0.05) is 0 Å². The van der Waals surface area contributed by atoms with Crippen molar-refractivity contribution in [2.24, 2.45) is 23.7 Å². The molecule has 2 heterocycles. The van der Waals surface area contributed by atoms with Crippen molar-refractivity contribution in [1.82, 2.24) is 15.5 Å². The first-order valence-corrected chi connectivity index (χ1v) is 10.1. The van der Waals surface area contributed by atoms with Crippen molar-refractivity contribution in [2.75, 3.05) is 13.2 Å². The van der Waals surface area contributed by atoms with Gasteiger partial charge in [-0.3, -0.25) is 9.59 Å². The van der Waals surface area contributed by atoms with Crippen LogP contribution in [0.25, 0.3) is 0 Å². The Bertz CT molecular complexity index is 638. The van der Waals surface area contributed by atoms with E-state index in [1.54, 1.807) is 0 Å². The summed E-state index contributed by atoms with van der Waals surface area (Å²) in [7, 11) is 0. The second-order valence-electron chi connectivity index (χ2n) is 8.83. The summed E-state index contributed by atoms with van der Waals surface area (Å²) >= 11 is 0. The molecule has 26 heavy (non-hydrogen) atoms. The van der Waals surface area contributed by atoms with Gasteiger partial charge in [-0.05, 0) is 56.3 Å². The zero-order valence-electron chi connectivity index (χ0n) is 15.0. The number of hydrogen-bond acceptors (Lipinski definition) is 4. The van der Waals surface area contributed by atoms with Crippen molar-refractivity contribution >= 4 is 17.9 Å². The van der Waals surface area contributed by atoms with Crippen LogP contribution < -0.4 is 10.6 Å². The maximum absolute atomic E-state index is 13.2. The summed E-state index contributed by atoms with van der Waals surface area (Å²) in [4.78, 5) is 38.6. The minimum absolute atomic E-state index is 0.0842. The number of piperidine rings is 1. The molecule has 5 rings (SSSR count). The van der Waals surface area contributed by atoms with Crippen molar-refractivity contribution in [1.29, 1.82) is 0 Å². The Kier molecular flexibility index (Phi) is 3.87. The Balaban J connectivity index is 1.19. The number of carbonyl (C=O) groups excluding carboxylic acids is 3. The first-order valence-electron chi connectivity index (χ1n) is 10.1. The van der Waals surface area contributed by atoms with Crippen molar-refractivity contribution in [3.63, 3.8) is 0 Å². The van der Waals surface area contributed by atoms with E-state index in [2.05, 4.69) is 15.5 Å². The van der Waals surface area contributed by atoms with E-state index in [0.717, 1.165) is 31.6 Å². The molecule has 0 radical (unpaired) electrons. The number of cyclic esters (lactones) is 1. The largest absolute Gasteiger partial charge is 0.447 e.